The summed E-state index contributed by atoms with van der Waals surface area (Å²) in [4.78, 5) is 2.34. The minimum Gasteiger partial charge on any atom is -0.488 e. The average molecular weight is 322 g/mol. The topological polar surface area (TPSA) is 17.4 Å². The van der Waals surface area contributed by atoms with Gasteiger partial charge in [-0.15, -0.1) is 0 Å². The third-order valence-corrected chi connectivity index (χ3v) is 4.59. The molecule has 2 aromatic carbocycles. The zero-order valence-corrected chi connectivity index (χ0v) is 14.8. The van der Waals surface area contributed by atoms with Crippen LogP contribution in [0.5, 0.6) is 5.75 Å². The molecule has 126 valence electrons. The van der Waals surface area contributed by atoms with Gasteiger partial charge in [0.15, 0.2) is 0 Å². The Morgan fingerprint density at radius 1 is 1.04 bits per heavy atom. The van der Waals surface area contributed by atoms with Gasteiger partial charge in [0.2, 0.25) is 0 Å². The number of ether oxygens (including phenoxy) is 1. The van der Waals surface area contributed by atoms with Gasteiger partial charge >= 0.3 is 0 Å². The Kier molecular flexibility index (Phi) is 5.21. The van der Waals surface area contributed by atoms with Crippen LogP contribution in [0, 0.1) is 0 Å². The zero-order chi connectivity index (χ0) is 16.9. The summed E-state index contributed by atoms with van der Waals surface area (Å²) in [6.45, 7) is 4.92. The third kappa shape index (κ3) is 3.62. The van der Waals surface area contributed by atoms with Gasteiger partial charge in [-0.05, 0) is 43.3 Å². The van der Waals surface area contributed by atoms with Gasteiger partial charge in [0.25, 0.3) is 0 Å². The largest absolute Gasteiger partial charge is 0.488 e. The van der Waals surface area contributed by atoms with Crippen molar-refractivity contribution >= 4 is 10.9 Å². The highest BCUT2D eigenvalue weighted by Crippen LogP contribution is 2.31. The van der Waals surface area contributed by atoms with E-state index in [1.807, 2.05) is 18.2 Å². The van der Waals surface area contributed by atoms with E-state index in [4.69, 9.17) is 4.74 Å². The molecule has 0 unspecified atom stereocenters. The first-order valence-electron chi connectivity index (χ1n) is 8.61. The lowest BCUT2D eigenvalue weighted by Gasteiger charge is -2.14. The number of aryl methyl sites for hydroxylation is 1. The van der Waals surface area contributed by atoms with Gasteiger partial charge in [0, 0.05) is 25.2 Å². The van der Waals surface area contributed by atoms with Crippen molar-refractivity contribution in [1.29, 1.82) is 0 Å². The summed E-state index contributed by atoms with van der Waals surface area (Å²) in [6, 6.07) is 16.6. The molecule has 0 spiro atoms. The number of rotatable bonds is 7. The highest BCUT2D eigenvalue weighted by Gasteiger charge is 2.12. The number of fused-ring (bicyclic) bond motifs is 1. The fourth-order valence-electron chi connectivity index (χ4n) is 3.02. The molecule has 3 aromatic rings. The van der Waals surface area contributed by atoms with Crippen molar-refractivity contribution in [2.45, 2.75) is 20.0 Å². The van der Waals surface area contributed by atoms with Crippen LogP contribution < -0.4 is 4.74 Å². The van der Waals surface area contributed by atoms with Crippen LogP contribution in [0.1, 0.15) is 18.1 Å². The van der Waals surface area contributed by atoms with Crippen LogP contribution in [0.2, 0.25) is 0 Å². The van der Waals surface area contributed by atoms with Crippen LogP contribution in [-0.4, -0.2) is 29.6 Å². The molecular formula is C21H26N2O. The fraction of sp³-hybridized carbons (Fsp3) is 0.333. The standard InChI is InChI=1S/C21H26N2O/c1-4-22(2)14-13-18-15-23(3)19-11-8-12-20(21(18)19)24-16-17-9-6-5-7-10-17/h5-12,15H,4,13-14,16H2,1-3H3. The van der Waals surface area contributed by atoms with E-state index in [1.54, 1.807) is 0 Å². The van der Waals surface area contributed by atoms with E-state index in [0.29, 0.717) is 6.61 Å². The normalized spacial score (nSPS) is 11.3. The van der Waals surface area contributed by atoms with Crippen molar-refractivity contribution in [3.8, 4) is 5.75 Å². The maximum atomic E-state index is 6.17. The first-order valence-corrected chi connectivity index (χ1v) is 8.61. The van der Waals surface area contributed by atoms with Crippen molar-refractivity contribution in [3.05, 3.63) is 65.9 Å². The van der Waals surface area contributed by atoms with E-state index in [1.165, 1.54) is 22.0 Å². The number of aromatic nitrogens is 1. The molecule has 1 heterocycles. The van der Waals surface area contributed by atoms with Crippen LogP contribution in [0.15, 0.2) is 54.7 Å². The summed E-state index contributed by atoms with van der Waals surface area (Å²) in [7, 11) is 4.27. The fourth-order valence-corrected chi connectivity index (χ4v) is 3.02. The van der Waals surface area contributed by atoms with Gasteiger partial charge in [-0.25, -0.2) is 0 Å². The van der Waals surface area contributed by atoms with E-state index in [0.717, 1.165) is 25.3 Å². The molecule has 24 heavy (non-hydrogen) atoms. The number of benzene rings is 2. The van der Waals surface area contributed by atoms with Crippen molar-refractivity contribution in [3.63, 3.8) is 0 Å². The second kappa shape index (κ2) is 7.54. The molecule has 3 nitrogen and oxygen atoms in total. The van der Waals surface area contributed by atoms with Gasteiger partial charge in [0.05, 0.1) is 5.52 Å². The van der Waals surface area contributed by atoms with Crippen LogP contribution in [0.25, 0.3) is 10.9 Å². The zero-order valence-electron chi connectivity index (χ0n) is 14.8. The first kappa shape index (κ1) is 16.6. The number of nitrogens with zero attached hydrogens (tertiary/aromatic N) is 2. The molecule has 0 fully saturated rings. The van der Waals surface area contributed by atoms with E-state index in [-0.39, 0.29) is 0 Å². The number of hydrogen-bond acceptors (Lipinski definition) is 2. The van der Waals surface area contributed by atoms with Crippen molar-refractivity contribution in [2.75, 3.05) is 20.1 Å². The molecule has 3 rings (SSSR count). The predicted octanol–water partition coefficient (Wildman–Crippen LogP) is 4.25. The predicted molar refractivity (Wildman–Crippen MR) is 101 cm³/mol. The van der Waals surface area contributed by atoms with Crippen LogP contribution >= 0.6 is 0 Å². The average Bonchev–Trinajstić information content (AvgIpc) is 2.95. The molecule has 0 aliphatic carbocycles. The van der Waals surface area contributed by atoms with E-state index in [9.17, 15) is 0 Å². The minimum absolute atomic E-state index is 0.600. The molecule has 0 aliphatic rings. The molecule has 0 amide bonds. The lowest BCUT2D eigenvalue weighted by molar-refractivity contribution is 0.309. The summed E-state index contributed by atoms with van der Waals surface area (Å²) in [6.07, 6.45) is 3.27. The monoisotopic (exact) mass is 322 g/mol. The van der Waals surface area contributed by atoms with Gasteiger partial charge in [-0.2, -0.15) is 0 Å². The molecule has 0 radical (unpaired) electrons. The Morgan fingerprint density at radius 3 is 2.58 bits per heavy atom. The SMILES string of the molecule is CCN(C)CCc1cn(C)c2cccc(OCc3ccccc3)c12. The van der Waals surface area contributed by atoms with Crippen LogP contribution in [0.3, 0.4) is 0 Å². The van der Waals surface area contributed by atoms with E-state index < -0.39 is 0 Å². The maximum absolute atomic E-state index is 6.17. The van der Waals surface area contributed by atoms with Crippen molar-refractivity contribution in [1.82, 2.24) is 9.47 Å². The van der Waals surface area contributed by atoms with Gasteiger partial charge in [-0.3, -0.25) is 0 Å². The van der Waals surface area contributed by atoms with E-state index in [2.05, 4.69) is 67.0 Å². The summed E-state index contributed by atoms with van der Waals surface area (Å²) in [5.74, 6) is 0.978. The molecule has 0 bridgehead atoms. The van der Waals surface area contributed by atoms with Gasteiger partial charge in [-0.1, -0.05) is 43.3 Å². The Labute approximate surface area is 144 Å². The Balaban J connectivity index is 1.87. The van der Waals surface area contributed by atoms with Gasteiger partial charge < -0.3 is 14.2 Å². The molecular weight excluding hydrogens is 296 g/mol. The quantitative estimate of drug-likeness (QED) is 0.647. The molecule has 0 atom stereocenters. The number of hydrogen-bond donors (Lipinski definition) is 0. The lowest BCUT2D eigenvalue weighted by Crippen LogP contribution is -2.20. The Morgan fingerprint density at radius 2 is 1.83 bits per heavy atom. The third-order valence-electron chi connectivity index (χ3n) is 4.59. The molecule has 3 heteroatoms. The summed E-state index contributed by atoms with van der Waals surface area (Å²) in [5, 5.41) is 1.25. The first-order chi connectivity index (χ1) is 11.7. The Hall–Kier alpha value is -2.26. The van der Waals surface area contributed by atoms with Crippen LogP contribution in [0.4, 0.5) is 0 Å². The summed E-state index contributed by atoms with van der Waals surface area (Å²) >= 11 is 0. The molecule has 0 saturated carbocycles. The van der Waals surface area contributed by atoms with Crippen molar-refractivity contribution in [2.24, 2.45) is 7.05 Å². The molecule has 0 aliphatic heterocycles. The molecule has 0 saturated heterocycles. The minimum atomic E-state index is 0.600. The Bertz CT molecular complexity index is 792. The van der Waals surface area contributed by atoms with Crippen LogP contribution in [-0.2, 0) is 20.1 Å². The number of likely N-dealkylation sites (N-methyl/N-ethyl adjacent to an activating group) is 1. The van der Waals surface area contributed by atoms with Gasteiger partial charge in [0.1, 0.15) is 12.4 Å². The summed E-state index contributed by atoms with van der Waals surface area (Å²) < 4.78 is 8.37. The summed E-state index contributed by atoms with van der Waals surface area (Å²) in [5.41, 5.74) is 3.78. The lowest BCUT2D eigenvalue weighted by atomic mass is 10.1. The highest BCUT2D eigenvalue weighted by atomic mass is 16.5. The molecule has 1 aromatic heterocycles. The van der Waals surface area contributed by atoms with Crippen molar-refractivity contribution < 1.29 is 4.74 Å². The second-order valence-corrected chi connectivity index (χ2v) is 6.34. The maximum Gasteiger partial charge on any atom is 0.129 e. The van der Waals surface area contributed by atoms with E-state index >= 15 is 0 Å². The smallest absolute Gasteiger partial charge is 0.129 e. The molecule has 0 N–H and O–H groups in total. The second-order valence-electron chi connectivity index (χ2n) is 6.34. The highest BCUT2D eigenvalue weighted by molar-refractivity contribution is 5.90.